The third kappa shape index (κ3) is 4.65. The molecule has 4 heteroatoms. The monoisotopic (exact) mass is 263 g/mol. The Morgan fingerprint density at radius 1 is 1.47 bits per heavy atom. The van der Waals surface area contributed by atoms with Gasteiger partial charge < -0.3 is 14.8 Å². The molecule has 0 radical (unpaired) electrons. The molecular weight excluding hydrogens is 242 g/mol. The van der Waals surface area contributed by atoms with E-state index in [4.69, 9.17) is 9.47 Å². The lowest BCUT2D eigenvalue weighted by atomic mass is 10.1. The van der Waals surface area contributed by atoms with E-state index in [1.807, 2.05) is 37.3 Å². The SMILES string of the molecule is CC(CNC1CCOC1)C(=O)OCc1ccccc1. The lowest BCUT2D eigenvalue weighted by Crippen LogP contribution is -2.35. The minimum atomic E-state index is -0.157. The van der Waals surface area contributed by atoms with Gasteiger partial charge in [-0.15, -0.1) is 0 Å². The van der Waals surface area contributed by atoms with Gasteiger partial charge in [0, 0.05) is 19.2 Å². The summed E-state index contributed by atoms with van der Waals surface area (Å²) in [7, 11) is 0. The highest BCUT2D eigenvalue weighted by Gasteiger charge is 2.19. The van der Waals surface area contributed by atoms with E-state index in [0.717, 1.165) is 25.2 Å². The number of carbonyl (C=O) groups is 1. The third-order valence-corrected chi connectivity index (χ3v) is 3.27. The number of carbonyl (C=O) groups excluding carboxylic acids is 1. The van der Waals surface area contributed by atoms with Crippen LogP contribution in [-0.4, -0.2) is 31.8 Å². The highest BCUT2D eigenvalue weighted by atomic mass is 16.5. The zero-order valence-corrected chi connectivity index (χ0v) is 11.3. The van der Waals surface area contributed by atoms with Crippen LogP contribution in [0, 0.1) is 5.92 Å². The second-order valence-electron chi connectivity index (χ2n) is 4.96. The zero-order chi connectivity index (χ0) is 13.5. The Morgan fingerprint density at radius 3 is 2.95 bits per heavy atom. The molecule has 104 valence electrons. The molecule has 1 N–H and O–H groups in total. The van der Waals surface area contributed by atoms with Gasteiger partial charge in [-0.05, 0) is 12.0 Å². The van der Waals surface area contributed by atoms with Gasteiger partial charge in [0.05, 0.1) is 12.5 Å². The van der Waals surface area contributed by atoms with E-state index in [9.17, 15) is 4.79 Å². The maximum Gasteiger partial charge on any atom is 0.310 e. The number of nitrogens with one attached hydrogen (secondary N) is 1. The van der Waals surface area contributed by atoms with E-state index in [1.54, 1.807) is 0 Å². The van der Waals surface area contributed by atoms with Crippen LogP contribution in [0.1, 0.15) is 18.9 Å². The van der Waals surface area contributed by atoms with Crippen LogP contribution in [0.3, 0.4) is 0 Å². The summed E-state index contributed by atoms with van der Waals surface area (Å²) in [5.41, 5.74) is 1.01. The summed E-state index contributed by atoms with van der Waals surface area (Å²) in [6.07, 6.45) is 1.02. The first-order chi connectivity index (χ1) is 9.25. The Labute approximate surface area is 114 Å². The van der Waals surface area contributed by atoms with E-state index >= 15 is 0 Å². The number of esters is 1. The normalized spacial score (nSPS) is 20.2. The van der Waals surface area contributed by atoms with Crippen LogP contribution in [0.5, 0.6) is 0 Å². The molecule has 0 aliphatic carbocycles. The van der Waals surface area contributed by atoms with E-state index in [0.29, 0.717) is 19.2 Å². The van der Waals surface area contributed by atoms with Crippen molar-refractivity contribution in [3.05, 3.63) is 35.9 Å². The molecule has 1 heterocycles. The van der Waals surface area contributed by atoms with Crippen LogP contribution < -0.4 is 5.32 Å². The second-order valence-corrected chi connectivity index (χ2v) is 4.96. The predicted molar refractivity (Wildman–Crippen MR) is 72.6 cm³/mol. The Balaban J connectivity index is 1.67. The number of ether oxygens (including phenoxy) is 2. The van der Waals surface area contributed by atoms with E-state index in [1.165, 1.54) is 0 Å². The summed E-state index contributed by atoms with van der Waals surface area (Å²) in [6, 6.07) is 10.1. The number of benzene rings is 1. The van der Waals surface area contributed by atoms with Crippen LogP contribution in [-0.2, 0) is 20.9 Å². The Morgan fingerprint density at radius 2 is 2.26 bits per heavy atom. The number of hydrogen-bond donors (Lipinski definition) is 1. The molecule has 1 aliphatic heterocycles. The van der Waals surface area contributed by atoms with Crippen molar-refractivity contribution in [1.29, 1.82) is 0 Å². The summed E-state index contributed by atoms with van der Waals surface area (Å²) >= 11 is 0. The molecule has 1 aromatic carbocycles. The highest BCUT2D eigenvalue weighted by molar-refractivity contribution is 5.72. The van der Waals surface area contributed by atoms with Crippen molar-refractivity contribution in [2.24, 2.45) is 5.92 Å². The van der Waals surface area contributed by atoms with Crippen molar-refractivity contribution in [3.63, 3.8) is 0 Å². The van der Waals surface area contributed by atoms with E-state index in [2.05, 4.69) is 5.32 Å². The van der Waals surface area contributed by atoms with Gasteiger partial charge in [0.1, 0.15) is 6.61 Å². The van der Waals surface area contributed by atoms with Crippen molar-refractivity contribution in [2.45, 2.75) is 26.0 Å². The Bertz CT molecular complexity index is 388. The fourth-order valence-electron chi connectivity index (χ4n) is 1.99. The van der Waals surface area contributed by atoms with Gasteiger partial charge in [-0.25, -0.2) is 0 Å². The van der Waals surface area contributed by atoms with Gasteiger partial charge in [-0.3, -0.25) is 4.79 Å². The molecule has 4 nitrogen and oxygen atoms in total. The number of rotatable bonds is 6. The summed E-state index contributed by atoms with van der Waals surface area (Å²) in [5.74, 6) is -0.292. The number of hydrogen-bond acceptors (Lipinski definition) is 4. The Kier molecular flexibility index (Phi) is 5.36. The summed E-state index contributed by atoms with van der Waals surface area (Å²) in [5, 5.41) is 3.33. The van der Waals surface area contributed by atoms with Gasteiger partial charge in [0.25, 0.3) is 0 Å². The fourth-order valence-corrected chi connectivity index (χ4v) is 1.99. The van der Waals surface area contributed by atoms with Gasteiger partial charge >= 0.3 is 5.97 Å². The first-order valence-corrected chi connectivity index (χ1v) is 6.77. The maximum absolute atomic E-state index is 11.8. The molecule has 1 saturated heterocycles. The second kappa shape index (κ2) is 7.26. The summed E-state index contributed by atoms with van der Waals surface area (Å²) < 4.78 is 10.6. The maximum atomic E-state index is 11.8. The van der Waals surface area contributed by atoms with Gasteiger partial charge in [-0.1, -0.05) is 37.3 Å². The van der Waals surface area contributed by atoms with Crippen molar-refractivity contribution in [2.75, 3.05) is 19.8 Å². The van der Waals surface area contributed by atoms with Crippen LogP contribution in [0.2, 0.25) is 0 Å². The smallest absolute Gasteiger partial charge is 0.310 e. The van der Waals surface area contributed by atoms with E-state index in [-0.39, 0.29) is 11.9 Å². The molecule has 0 amide bonds. The molecule has 0 aromatic heterocycles. The predicted octanol–water partition coefficient (Wildman–Crippen LogP) is 1.74. The molecule has 2 rings (SSSR count). The zero-order valence-electron chi connectivity index (χ0n) is 11.3. The lowest BCUT2D eigenvalue weighted by molar-refractivity contribution is -0.149. The minimum absolute atomic E-state index is 0.135. The average molecular weight is 263 g/mol. The first-order valence-electron chi connectivity index (χ1n) is 6.77. The molecular formula is C15H21NO3. The highest BCUT2D eigenvalue weighted by Crippen LogP contribution is 2.07. The van der Waals surface area contributed by atoms with Crippen molar-refractivity contribution < 1.29 is 14.3 Å². The van der Waals surface area contributed by atoms with Crippen LogP contribution in [0.25, 0.3) is 0 Å². The summed E-state index contributed by atoms with van der Waals surface area (Å²) in [6.45, 7) is 4.42. The van der Waals surface area contributed by atoms with Crippen LogP contribution in [0.15, 0.2) is 30.3 Å². The molecule has 0 spiro atoms. The standard InChI is InChI=1S/C15H21NO3/c1-12(9-16-14-7-8-18-11-14)15(17)19-10-13-5-3-2-4-6-13/h2-6,12,14,16H,7-11H2,1H3. The molecule has 2 unspecified atom stereocenters. The van der Waals surface area contributed by atoms with E-state index < -0.39 is 0 Å². The van der Waals surface area contributed by atoms with Gasteiger partial charge in [0.2, 0.25) is 0 Å². The molecule has 0 saturated carbocycles. The third-order valence-electron chi connectivity index (χ3n) is 3.27. The van der Waals surface area contributed by atoms with Gasteiger partial charge in [-0.2, -0.15) is 0 Å². The molecule has 1 fully saturated rings. The first kappa shape index (κ1) is 14.0. The molecule has 0 bridgehead atoms. The molecule has 1 aromatic rings. The topological polar surface area (TPSA) is 47.6 Å². The van der Waals surface area contributed by atoms with Gasteiger partial charge in [0.15, 0.2) is 0 Å². The largest absolute Gasteiger partial charge is 0.461 e. The van der Waals surface area contributed by atoms with Crippen LogP contribution in [0.4, 0.5) is 0 Å². The Hall–Kier alpha value is -1.39. The lowest BCUT2D eigenvalue weighted by Gasteiger charge is -2.15. The summed E-state index contributed by atoms with van der Waals surface area (Å²) in [4.78, 5) is 11.8. The molecule has 1 aliphatic rings. The van der Waals surface area contributed by atoms with Crippen molar-refractivity contribution in [1.82, 2.24) is 5.32 Å². The van der Waals surface area contributed by atoms with Crippen LogP contribution >= 0.6 is 0 Å². The minimum Gasteiger partial charge on any atom is -0.461 e. The quantitative estimate of drug-likeness (QED) is 0.794. The molecule has 2 atom stereocenters. The van der Waals surface area contributed by atoms with Crippen molar-refractivity contribution >= 4 is 5.97 Å². The van der Waals surface area contributed by atoms with Crippen molar-refractivity contribution in [3.8, 4) is 0 Å². The fraction of sp³-hybridized carbons (Fsp3) is 0.533. The average Bonchev–Trinajstić information content (AvgIpc) is 2.96. The molecule has 19 heavy (non-hydrogen) atoms.